The molecule has 0 aliphatic rings. The predicted molar refractivity (Wildman–Crippen MR) is 72.1 cm³/mol. The zero-order valence-electron chi connectivity index (χ0n) is 11.2. The van der Waals surface area contributed by atoms with Crippen LogP contribution >= 0.6 is 0 Å². The molecule has 2 N–H and O–H groups in total. The average molecular weight is 234 g/mol. The van der Waals surface area contributed by atoms with Gasteiger partial charge in [0.25, 0.3) is 0 Å². The molecule has 4 nitrogen and oxygen atoms in total. The van der Waals surface area contributed by atoms with Gasteiger partial charge in [0.15, 0.2) is 0 Å². The third-order valence-corrected chi connectivity index (χ3v) is 3.25. The summed E-state index contributed by atoms with van der Waals surface area (Å²) in [7, 11) is 0. The molecule has 17 heavy (non-hydrogen) atoms. The second-order valence-electron chi connectivity index (χ2n) is 4.22. The Kier molecular flexibility index (Phi) is 4.45. The Hall–Kier alpha value is -1.63. The average Bonchev–Trinajstić information content (AvgIpc) is 2.67. The number of nitrogen functional groups attached to an aromatic ring is 1. The number of hydrogen-bond acceptors (Lipinski definition) is 3. The maximum Gasteiger partial charge on any atom is 0.133 e. The van der Waals surface area contributed by atoms with Crippen LogP contribution in [0.15, 0.2) is 6.07 Å². The molecule has 94 valence electrons. The molecular formula is C13H22N4. The van der Waals surface area contributed by atoms with Crippen LogP contribution in [-0.4, -0.2) is 17.7 Å². The fraction of sp³-hybridized carbons (Fsp3) is 0.615. The highest BCUT2D eigenvalue weighted by atomic mass is 15.3. The smallest absolute Gasteiger partial charge is 0.133 e. The molecule has 0 spiro atoms. The summed E-state index contributed by atoms with van der Waals surface area (Å²) in [6, 6.07) is 4.30. The normalized spacial score (nSPS) is 12.2. The van der Waals surface area contributed by atoms with Crippen LogP contribution in [0.25, 0.3) is 0 Å². The molecule has 1 heterocycles. The van der Waals surface area contributed by atoms with E-state index in [4.69, 9.17) is 5.73 Å². The Morgan fingerprint density at radius 2 is 2.00 bits per heavy atom. The molecule has 0 unspecified atom stereocenters. The summed E-state index contributed by atoms with van der Waals surface area (Å²) >= 11 is 0. The van der Waals surface area contributed by atoms with E-state index in [1.165, 1.54) is 0 Å². The monoisotopic (exact) mass is 234 g/mol. The van der Waals surface area contributed by atoms with Gasteiger partial charge in [0.1, 0.15) is 17.6 Å². The predicted octanol–water partition coefficient (Wildman–Crippen LogP) is 2.76. The van der Waals surface area contributed by atoms with Crippen molar-refractivity contribution in [2.45, 2.75) is 40.2 Å². The molecular weight excluding hydrogens is 212 g/mol. The van der Waals surface area contributed by atoms with Crippen molar-refractivity contribution in [2.75, 3.05) is 23.7 Å². The minimum Gasteiger partial charge on any atom is -0.396 e. The molecule has 4 heteroatoms. The molecule has 0 saturated heterocycles. The molecule has 0 radical (unpaired) electrons. The second kappa shape index (κ2) is 5.62. The number of nitrogens with zero attached hydrogens (tertiary/aromatic N) is 3. The summed E-state index contributed by atoms with van der Waals surface area (Å²) < 4.78 is 2.06. The number of aromatic nitrogens is 1. The first-order valence-electron chi connectivity index (χ1n) is 6.26. The van der Waals surface area contributed by atoms with E-state index >= 15 is 0 Å². The van der Waals surface area contributed by atoms with Crippen LogP contribution in [0.5, 0.6) is 0 Å². The lowest BCUT2D eigenvalue weighted by Crippen LogP contribution is -2.26. The number of nitriles is 1. The first-order chi connectivity index (χ1) is 8.10. The molecule has 0 aromatic carbocycles. The van der Waals surface area contributed by atoms with Crippen LogP contribution in [0.4, 0.5) is 11.5 Å². The van der Waals surface area contributed by atoms with Gasteiger partial charge in [0, 0.05) is 19.1 Å². The lowest BCUT2D eigenvalue weighted by Gasteiger charge is -2.26. The van der Waals surface area contributed by atoms with E-state index in [0.29, 0.717) is 11.4 Å². The van der Waals surface area contributed by atoms with Gasteiger partial charge in [-0.15, -0.1) is 0 Å². The minimum absolute atomic E-state index is 0.289. The lowest BCUT2D eigenvalue weighted by molar-refractivity contribution is 0.524. The summed E-state index contributed by atoms with van der Waals surface area (Å²) in [6.07, 6.45) is 0.983. The Morgan fingerprint density at radius 1 is 1.41 bits per heavy atom. The summed E-state index contributed by atoms with van der Waals surface area (Å²) in [5.41, 5.74) is 7.40. The largest absolute Gasteiger partial charge is 0.396 e. The fourth-order valence-corrected chi connectivity index (χ4v) is 2.11. The molecule has 1 aromatic rings. The Balaban J connectivity index is 3.37. The Labute approximate surface area is 104 Å². The first-order valence-corrected chi connectivity index (χ1v) is 6.26. The van der Waals surface area contributed by atoms with Crippen LogP contribution in [0, 0.1) is 11.3 Å². The van der Waals surface area contributed by atoms with E-state index in [2.05, 4.69) is 43.2 Å². The molecule has 1 rings (SSSR count). The highest BCUT2D eigenvalue weighted by molar-refractivity contribution is 5.68. The van der Waals surface area contributed by atoms with E-state index in [-0.39, 0.29) is 6.04 Å². The van der Waals surface area contributed by atoms with Crippen LogP contribution in [0.3, 0.4) is 0 Å². The van der Waals surface area contributed by atoms with Gasteiger partial charge >= 0.3 is 0 Å². The number of hydrogen-bond donors (Lipinski definition) is 1. The molecule has 0 bridgehead atoms. The van der Waals surface area contributed by atoms with E-state index < -0.39 is 0 Å². The number of nitrogens with two attached hydrogens (primary N) is 1. The Bertz CT molecular complexity index is 410. The van der Waals surface area contributed by atoms with E-state index in [1.807, 2.05) is 0 Å². The van der Waals surface area contributed by atoms with Crippen LogP contribution in [-0.2, 0) is 0 Å². The van der Waals surface area contributed by atoms with Crippen molar-refractivity contribution < 1.29 is 0 Å². The standard InChI is InChI=1S/C13H22N4/c1-5-10(4)17-11(9-14)8-12(15)13(17)16(6-2)7-3/h8,10H,5-7,15H2,1-4H3/t10-/m0/s1. The summed E-state index contributed by atoms with van der Waals surface area (Å²) in [4.78, 5) is 2.20. The highest BCUT2D eigenvalue weighted by Crippen LogP contribution is 2.32. The molecule has 0 amide bonds. The molecule has 0 aliphatic heterocycles. The molecule has 1 atom stereocenters. The van der Waals surface area contributed by atoms with Gasteiger partial charge in [-0.05, 0) is 33.3 Å². The lowest BCUT2D eigenvalue weighted by atomic mass is 10.2. The minimum atomic E-state index is 0.289. The van der Waals surface area contributed by atoms with Crippen molar-refractivity contribution in [3.63, 3.8) is 0 Å². The van der Waals surface area contributed by atoms with Crippen molar-refractivity contribution in [1.29, 1.82) is 5.26 Å². The zero-order chi connectivity index (χ0) is 13.0. The SMILES string of the molecule is CC[C@H](C)n1c(C#N)cc(N)c1N(CC)CC. The summed E-state index contributed by atoms with van der Waals surface area (Å²) in [6.45, 7) is 10.2. The summed E-state index contributed by atoms with van der Waals surface area (Å²) in [5, 5.41) is 9.18. The van der Waals surface area contributed by atoms with Crippen molar-refractivity contribution in [3.8, 4) is 6.07 Å². The van der Waals surface area contributed by atoms with Gasteiger partial charge < -0.3 is 15.2 Å². The first kappa shape index (κ1) is 13.4. The second-order valence-corrected chi connectivity index (χ2v) is 4.22. The third-order valence-electron chi connectivity index (χ3n) is 3.25. The van der Waals surface area contributed by atoms with E-state index in [0.717, 1.165) is 25.3 Å². The summed E-state index contributed by atoms with van der Waals surface area (Å²) in [5.74, 6) is 0.987. The number of anilines is 2. The van der Waals surface area contributed by atoms with Crippen molar-refractivity contribution in [3.05, 3.63) is 11.8 Å². The maximum atomic E-state index is 9.18. The van der Waals surface area contributed by atoms with E-state index in [9.17, 15) is 5.26 Å². The maximum absolute atomic E-state index is 9.18. The Morgan fingerprint density at radius 3 is 2.41 bits per heavy atom. The van der Waals surface area contributed by atoms with Crippen molar-refractivity contribution in [2.24, 2.45) is 0 Å². The topological polar surface area (TPSA) is 58.0 Å². The van der Waals surface area contributed by atoms with Gasteiger partial charge in [-0.3, -0.25) is 0 Å². The van der Waals surface area contributed by atoms with Gasteiger partial charge in [-0.2, -0.15) is 5.26 Å². The molecule has 0 aliphatic carbocycles. The van der Waals surface area contributed by atoms with Gasteiger partial charge in [0.2, 0.25) is 0 Å². The van der Waals surface area contributed by atoms with E-state index in [1.54, 1.807) is 6.07 Å². The fourth-order valence-electron chi connectivity index (χ4n) is 2.11. The zero-order valence-corrected chi connectivity index (χ0v) is 11.2. The third kappa shape index (κ3) is 2.38. The van der Waals surface area contributed by atoms with Crippen LogP contribution in [0.1, 0.15) is 45.9 Å². The van der Waals surface area contributed by atoms with Crippen LogP contribution in [0.2, 0.25) is 0 Å². The molecule has 1 aromatic heterocycles. The van der Waals surface area contributed by atoms with Crippen molar-refractivity contribution in [1.82, 2.24) is 4.57 Å². The highest BCUT2D eigenvalue weighted by Gasteiger charge is 2.20. The van der Waals surface area contributed by atoms with Crippen molar-refractivity contribution >= 4 is 11.5 Å². The number of rotatable bonds is 5. The quantitative estimate of drug-likeness (QED) is 0.852. The molecule has 0 saturated carbocycles. The van der Waals surface area contributed by atoms with Gasteiger partial charge in [0.05, 0.1) is 5.69 Å². The van der Waals surface area contributed by atoms with Gasteiger partial charge in [-0.1, -0.05) is 6.92 Å². The van der Waals surface area contributed by atoms with Crippen LogP contribution < -0.4 is 10.6 Å². The molecule has 0 fully saturated rings. The van der Waals surface area contributed by atoms with Gasteiger partial charge in [-0.25, -0.2) is 0 Å².